The van der Waals surface area contributed by atoms with Crippen molar-refractivity contribution in [3.05, 3.63) is 35.9 Å². The first kappa shape index (κ1) is 17.7. The van der Waals surface area contributed by atoms with E-state index in [9.17, 15) is 18.0 Å². The molecule has 0 bridgehead atoms. The Labute approximate surface area is 138 Å². The van der Waals surface area contributed by atoms with Crippen molar-refractivity contribution >= 4 is 32.6 Å². The van der Waals surface area contributed by atoms with E-state index in [-0.39, 0.29) is 12.4 Å². The van der Waals surface area contributed by atoms with Gasteiger partial charge in [0.2, 0.25) is 15.4 Å². The number of sulfone groups is 1. The van der Waals surface area contributed by atoms with E-state index in [2.05, 4.69) is 5.43 Å². The van der Waals surface area contributed by atoms with Crippen molar-refractivity contribution < 1.29 is 22.7 Å². The Morgan fingerprint density at radius 2 is 2.00 bits per heavy atom. The molecule has 0 radical (unpaired) electrons. The molecule has 2 amide bonds. The van der Waals surface area contributed by atoms with Crippen molar-refractivity contribution in [2.24, 2.45) is 5.73 Å². The Morgan fingerprint density at radius 1 is 1.39 bits per heavy atom. The summed E-state index contributed by atoms with van der Waals surface area (Å²) in [5.41, 5.74) is 6.45. The average Bonchev–Trinajstić information content (AvgIpc) is 3.21. The minimum Gasteiger partial charge on any atom is -0.350 e. The van der Waals surface area contributed by atoms with Gasteiger partial charge < -0.3 is 10.5 Å². The second-order valence-electron chi connectivity index (χ2n) is 4.97. The number of carbonyl (C=O) groups is 2. The fourth-order valence-corrected chi connectivity index (χ4v) is 3.18. The molecular weight excluding hydrogens is 346 g/mol. The van der Waals surface area contributed by atoms with Gasteiger partial charge in [-0.2, -0.15) is 5.43 Å². The molecule has 1 aliphatic rings. The van der Waals surface area contributed by atoms with Gasteiger partial charge in [-0.3, -0.25) is 9.80 Å². The first-order valence-corrected chi connectivity index (χ1v) is 9.03. The van der Waals surface area contributed by atoms with E-state index in [4.69, 9.17) is 22.1 Å². The van der Waals surface area contributed by atoms with Gasteiger partial charge in [-0.15, -0.1) is 11.6 Å². The van der Waals surface area contributed by atoms with Gasteiger partial charge in [-0.05, 0) is 5.56 Å². The van der Waals surface area contributed by atoms with E-state index in [1.807, 2.05) is 0 Å². The number of halogens is 1. The second kappa shape index (κ2) is 6.44. The van der Waals surface area contributed by atoms with Crippen LogP contribution < -0.4 is 11.2 Å². The molecule has 3 N–H and O–H groups in total. The Hall–Kier alpha value is -1.68. The van der Waals surface area contributed by atoms with E-state index >= 15 is 0 Å². The lowest BCUT2D eigenvalue weighted by Crippen LogP contribution is -2.50. The molecule has 0 spiro atoms. The summed E-state index contributed by atoms with van der Waals surface area (Å²) in [5.74, 6) is 0.0982. The number of hydrogen-bond donors (Lipinski definition) is 2. The molecule has 0 saturated carbocycles. The highest BCUT2D eigenvalue weighted by Gasteiger charge is 2.67. The Morgan fingerprint density at radius 3 is 2.48 bits per heavy atom. The SMILES string of the molecule is CS(=O)(=O)C(=O)C1(c2ccccc2)OC1NN(CCCl)C(N)=O. The van der Waals surface area contributed by atoms with Crippen LogP contribution in [0.1, 0.15) is 5.56 Å². The number of benzene rings is 1. The quantitative estimate of drug-likeness (QED) is 0.415. The maximum atomic E-state index is 12.4. The molecule has 126 valence electrons. The summed E-state index contributed by atoms with van der Waals surface area (Å²) < 4.78 is 28.8. The van der Waals surface area contributed by atoms with Crippen LogP contribution in [0.4, 0.5) is 4.79 Å². The fourth-order valence-electron chi connectivity index (χ4n) is 2.19. The summed E-state index contributed by atoms with van der Waals surface area (Å²) in [6.45, 7) is 0.0642. The normalized spacial score (nSPS) is 23.3. The number of ether oxygens (including phenoxy) is 1. The minimum absolute atomic E-state index is 0.0642. The fraction of sp³-hybridized carbons (Fsp3) is 0.385. The molecule has 10 heteroatoms. The number of epoxide rings is 1. The number of nitrogens with two attached hydrogens (primary N) is 1. The lowest BCUT2D eigenvalue weighted by Gasteiger charge is -2.20. The zero-order valence-electron chi connectivity index (χ0n) is 12.2. The number of hydrazine groups is 1. The van der Waals surface area contributed by atoms with Gasteiger partial charge in [0.15, 0.2) is 6.23 Å². The van der Waals surface area contributed by atoms with Gasteiger partial charge in [-0.1, -0.05) is 30.3 Å². The van der Waals surface area contributed by atoms with Crippen LogP contribution in [0.15, 0.2) is 30.3 Å². The summed E-state index contributed by atoms with van der Waals surface area (Å²) >= 11 is 5.57. The van der Waals surface area contributed by atoms with Gasteiger partial charge in [0.05, 0.1) is 6.54 Å². The molecular formula is C13H16ClN3O5S. The number of urea groups is 1. The number of primary amides is 1. The van der Waals surface area contributed by atoms with Gasteiger partial charge in [0.1, 0.15) is 0 Å². The number of carbonyl (C=O) groups excluding carboxylic acids is 2. The highest BCUT2D eigenvalue weighted by atomic mass is 35.5. The molecule has 2 unspecified atom stereocenters. The molecule has 8 nitrogen and oxygen atoms in total. The largest absolute Gasteiger partial charge is 0.350 e. The highest BCUT2D eigenvalue weighted by molar-refractivity contribution is 8.05. The van der Waals surface area contributed by atoms with Crippen LogP contribution in [0.5, 0.6) is 0 Å². The van der Waals surface area contributed by atoms with Crippen molar-refractivity contribution in [2.75, 3.05) is 18.7 Å². The summed E-state index contributed by atoms with van der Waals surface area (Å²) in [5, 5.41) is -0.123. The van der Waals surface area contributed by atoms with Crippen LogP contribution in [0, 0.1) is 0 Å². The van der Waals surface area contributed by atoms with Crippen LogP contribution in [0.3, 0.4) is 0 Å². The molecule has 23 heavy (non-hydrogen) atoms. The minimum atomic E-state index is -4.01. The third kappa shape index (κ3) is 3.47. The van der Waals surface area contributed by atoms with Crippen molar-refractivity contribution in [1.29, 1.82) is 0 Å². The summed E-state index contributed by atoms with van der Waals surface area (Å²) in [6.07, 6.45) is -0.230. The summed E-state index contributed by atoms with van der Waals surface area (Å²) in [7, 11) is -4.01. The number of nitrogens with zero attached hydrogens (tertiary/aromatic N) is 1. The Kier molecular flexibility index (Phi) is 4.95. The first-order chi connectivity index (χ1) is 10.7. The maximum Gasteiger partial charge on any atom is 0.329 e. The third-order valence-corrected chi connectivity index (χ3v) is 4.45. The van der Waals surface area contributed by atoms with Crippen LogP contribution in [-0.4, -0.2) is 49.5 Å². The van der Waals surface area contributed by atoms with E-state index in [0.717, 1.165) is 11.3 Å². The van der Waals surface area contributed by atoms with E-state index in [1.165, 1.54) is 0 Å². The third-order valence-electron chi connectivity index (χ3n) is 3.31. The number of hydrogen-bond acceptors (Lipinski definition) is 6. The van der Waals surface area contributed by atoms with E-state index < -0.39 is 32.8 Å². The standard InChI is InChI=1S/C13H16ClN3O5S/c1-23(20,21)11(18)13(9-5-3-2-4-6-9)10(22-13)16-17(8-7-14)12(15)19/h2-6,10,16H,7-8H2,1H3,(H2,15,19). The predicted molar refractivity (Wildman–Crippen MR) is 83.0 cm³/mol. The van der Waals surface area contributed by atoms with Gasteiger partial charge in [0, 0.05) is 12.1 Å². The molecule has 2 rings (SSSR count). The second-order valence-corrected chi connectivity index (χ2v) is 7.26. The molecule has 0 aromatic heterocycles. The van der Waals surface area contributed by atoms with Crippen LogP contribution in [-0.2, 0) is 25.0 Å². The highest BCUT2D eigenvalue weighted by Crippen LogP contribution is 2.46. The Balaban J connectivity index is 2.33. The monoisotopic (exact) mass is 361 g/mol. The van der Waals surface area contributed by atoms with Crippen LogP contribution in [0.2, 0.25) is 0 Å². The molecule has 1 aromatic rings. The zero-order chi connectivity index (χ0) is 17.3. The van der Waals surface area contributed by atoms with Gasteiger partial charge >= 0.3 is 6.03 Å². The topological polar surface area (TPSA) is 122 Å². The van der Waals surface area contributed by atoms with Gasteiger partial charge in [0.25, 0.3) is 5.12 Å². The molecule has 0 aliphatic carbocycles. The molecule has 1 fully saturated rings. The van der Waals surface area contributed by atoms with Crippen molar-refractivity contribution in [2.45, 2.75) is 11.8 Å². The van der Waals surface area contributed by atoms with E-state index in [1.54, 1.807) is 30.3 Å². The smallest absolute Gasteiger partial charge is 0.329 e. The molecule has 1 saturated heterocycles. The maximum absolute atomic E-state index is 12.4. The molecule has 1 aromatic carbocycles. The summed E-state index contributed by atoms with van der Waals surface area (Å²) in [4.78, 5) is 23.7. The first-order valence-electron chi connectivity index (χ1n) is 6.60. The van der Waals surface area contributed by atoms with Crippen LogP contribution in [0.25, 0.3) is 0 Å². The van der Waals surface area contributed by atoms with Crippen molar-refractivity contribution in [1.82, 2.24) is 10.4 Å². The van der Waals surface area contributed by atoms with Gasteiger partial charge in [-0.25, -0.2) is 13.2 Å². The average molecular weight is 362 g/mol. The summed E-state index contributed by atoms with van der Waals surface area (Å²) in [6, 6.07) is 7.33. The van der Waals surface area contributed by atoms with E-state index in [0.29, 0.717) is 5.56 Å². The number of nitrogens with one attached hydrogen (secondary N) is 1. The van der Waals surface area contributed by atoms with Crippen LogP contribution >= 0.6 is 11.6 Å². The lowest BCUT2D eigenvalue weighted by molar-refractivity contribution is -0.116. The Bertz CT molecular complexity index is 712. The van der Waals surface area contributed by atoms with Crippen molar-refractivity contribution in [3.63, 3.8) is 0 Å². The number of alkyl halides is 1. The van der Waals surface area contributed by atoms with Crippen molar-refractivity contribution in [3.8, 4) is 0 Å². The predicted octanol–water partition coefficient (Wildman–Crippen LogP) is -0.0665. The number of rotatable bonds is 6. The molecule has 1 heterocycles. The molecule has 2 atom stereocenters. The number of amides is 2. The molecule has 1 aliphatic heterocycles. The lowest BCUT2D eigenvalue weighted by atomic mass is 10.00. The zero-order valence-corrected chi connectivity index (χ0v) is 13.8.